The van der Waals surface area contributed by atoms with Gasteiger partial charge in [-0.25, -0.2) is 0 Å². The van der Waals surface area contributed by atoms with Gasteiger partial charge in [0.2, 0.25) is 0 Å². The molecule has 0 unspecified atom stereocenters. The molecule has 3 heteroatoms. The maximum Gasteiger partial charge on any atom is 0.124 e. The zero-order valence-electron chi connectivity index (χ0n) is 12.4. The highest BCUT2D eigenvalue weighted by Gasteiger charge is 2.04. The highest BCUT2D eigenvalue weighted by Crippen LogP contribution is 2.25. The molecule has 22 heavy (non-hydrogen) atoms. The van der Waals surface area contributed by atoms with Gasteiger partial charge < -0.3 is 9.84 Å². The van der Waals surface area contributed by atoms with Gasteiger partial charge in [-0.3, -0.25) is 4.99 Å². The summed E-state index contributed by atoms with van der Waals surface area (Å²) < 4.78 is 5.20. The number of fused-ring (bicyclic) bond motifs is 1. The van der Waals surface area contributed by atoms with Crippen LogP contribution in [0.25, 0.3) is 10.8 Å². The predicted octanol–water partition coefficient (Wildman–Crippen LogP) is 4.17. The molecule has 3 nitrogen and oxygen atoms in total. The van der Waals surface area contributed by atoms with Crippen LogP contribution < -0.4 is 4.74 Å². The molecule has 0 heterocycles. The first kappa shape index (κ1) is 14.1. The van der Waals surface area contributed by atoms with Crippen LogP contribution in [0.4, 0.5) is 0 Å². The minimum Gasteiger partial charge on any atom is -0.507 e. The molecular weight excluding hydrogens is 274 g/mol. The molecule has 110 valence electrons. The Balaban J connectivity index is 1.88. The normalized spacial score (nSPS) is 11.1. The summed E-state index contributed by atoms with van der Waals surface area (Å²) in [6.45, 7) is 0.542. The lowest BCUT2D eigenvalue weighted by Crippen LogP contribution is -1.89. The van der Waals surface area contributed by atoms with Gasteiger partial charge in [0, 0.05) is 11.8 Å². The third kappa shape index (κ3) is 2.93. The van der Waals surface area contributed by atoms with Crippen molar-refractivity contribution in [2.45, 2.75) is 6.54 Å². The lowest BCUT2D eigenvalue weighted by molar-refractivity contribution is 0.414. The smallest absolute Gasteiger partial charge is 0.124 e. The predicted molar refractivity (Wildman–Crippen MR) is 89.9 cm³/mol. The van der Waals surface area contributed by atoms with Crippen molar-refractivity contribution >= 4 is 17.0 Å². The van der Waals surface area contributed by atoms with Crippen LogP contribution in [0.3, 0.4) is 0 Å². The fraction of sp³-hybridized carbons (Fsp3) is 0.105. The van der Waals surface area contributed by atoms with E-state index in [-0.39, 0.29) is 5.75 Å². The number of methoxy groups -OCH3 is 1. The summed E-state index contributed by atoms with van der Waals surface area (Å²) in [7, 11) is 1.65. The Morgan fingerprint density at radius 3 is 2.77 bits per heavy atom. The summed E-state index contributed by atoms with van der Waals surface area (Å²) in [6.07, 6.45) is 1.73. The number of hydrogen-bond donors (Lipinski definition) is 1. The highest BCUT2D eigenvalue weighted by molar-refractivity contribution is 6.02. The second kappa shape index (κ2) is 6.31. The second-order valence-corrected chi connectivity index (χ2v) is 5.04. The zero-order valence-corrected chi connectivity index (χ0v) is 12.4. The van der Waals surface area contributed by atoms with Crippen LogP contribution in [0.15, 0.2) is 65.7 Å². The molecular formula is C19H17NO2. The van der Waals surface area contributed by atoms with Crippen molar-refractivity contribution < 1.29 is 9.84 Å². The molecule has 3 aromatic carbocycles. The SMILES string of the molecule is COc1cccc(CN=Cc2c(O)ccc3ccccc23)c1. The van der Waals surface area contributed by atoms with Crippen molar-refractivity contribution in [3.05, 3.63) is 71.8 Å². The van der Waals surface area contributed by atoms with Crippen molar-refractivity contribution in [3.63, 3.8) is 0 Å². The molecule has 0 aliphatic carbocycles. The first-order valence-corrected chi connectivity index (χ1v) is 7.11. The van der Waals surface area contributed by atoms with Gasteiger partial charge in [0.05, 0.1) is 13.7 Å². The number of aromatic hydroxyl groups is 1. The number of benzene rings is 3. The molecule has 1 N–H and O–H groups in total. The molecule has 3 rings (SSSR count). The van der Waals surface area contributed by atoms with Crippen LogP contribution in [0, 0.1) is 0 Å². The molecule has 3 aromatic rings. The lowest BCUT2D eigenvalue weighted by Gasteiger charge is -2.05. The van der Waals surface area contributed by atoms with E-state index in [0.29, 0.717) is 6.54 Å². The third-order valence-corrected chi connectivity index (χ3v) is 3.58. The number of hydrogen-bond acceptors (Lipinski definition) is 3. The molecule has 0 atom stereocenters. The summed E-state index contributed by atoms with van der Waals surface area (Å²) in [5, 5.41) is 12.2. The van der Waals surface area contributed by atoms with E-state index in [2.05, 4.69) is 4.99 Å². The first-order valence-electron chi connectivity index (χ1n) is 7.11. The molecule has 0 amide bonds. The summed E-state index contributed by atoms with van der Waals surface area (Å²) in [6, 6.07) is 19.4. The molecule has 0 fully saturated rings. The monoisotopic (exact) mass is 291 g/mol. The van der Waals surface area contributed by atoms with E-state index in [0.717, 1.165) is 27.6 Å². The van der Waals surface area contributed by atoms with Crippen molar-refractivity contribution in [2.24, 2.45) is 4.99 Å². The van der Waals surface area contributed by atoms with Gasteiger partial charge in [-0.2, -0.15) is 0 Å². The minimum absolute atomic E-state index is 0.244. The Kier molecular flexibility index (Phi) is 4.05. The van der Waals surface area contributed by atoms with Gasteiger partial charge in [0.15, 0.2) is 0 Å². The van der Waals surface area contributed by atoms with Gasteiger partial charge in [-0.1, -0.05) is 42.5 Å². The van der Waals surface area contributed by atoms with Crippen LogP contribution in [-0.4, -0.2) is 18.4 Å². The quantitative estimate of drug-likeness (QED) is 0.733. The molecule has 0 radical (unpaired) electrons. The van der Waals surface area contributed by atoms with E-state index < -0.39 is 0 Å². The fourth-order valence-electron chi connectivity index (χ4n) is 2.43. The van der Waals surface area contributed by atoms with Gasteiger partial charge in [-0.05, 0) is 34.5 Å². The summed E-state index contributed by atoms with van der Waals surface area (Å²) >= 11 is 0. The fourth-order valence-corrected chi connectivity index (χ4v) is 2.43. The van der Waals surface area contributed by atoms with Crippen LogP contribution in [-0.2, 0) is 6.54 Å². The number of phenolic OH excluding ortho intramolecular Hbond substituents is 1. The maximum atomic E-state index is 10.1. The molecule has 0 saturated carbocycles. The largest absolute Gasteiger partial charge is 0.507 e. The van der Waals surface area contributed by atoms with Gasteiger partial charge in [0.25, 0.3) is 0 Å². The van der Waals surface area contributed by atoms with Crippen LogP contribution in [0.2, 0.25) is 0 Å². The molecule has 0 aliphatic rings. The number of nitrogens with zero attached hydrogens (tertiary/aromatic N) is 1. The Morgan fingerprint density at radius 2 is 1.91 bits per heavy atom. The van der Waals surface area contributed by atoms with E-state index >= 15 is 0 Å². The zero-order chi connectivity index (χ0) is 15.4. The lowest BCUT2D eigenvalue weighted by atomic mass is 10.0. The second-order valence-electron chi connectivity index (χ2n) is 5.04. The van der Waals surface area contributed by atoms with E-state index in [1.807, 2.05) is 54.6 Å². The van der Waals surface area contributed by atoms with Crippen molar-refractivity contribution in [1.29, 1.82) is 0 Å². The highest BCUT2D eigenvalue weighted by atomic mass is 16.5. The average molecular weight is 291 g/mol. The van der Waals surface area contributed by atoms with Crippen molar-refractivity contribution in [3.8, 4) is 11.5 Å². The third-order valence-electron chi connectivity index (χ3n) is 3.58. The van der Waals surface area contributed by atoms with Gasteiger partial charge in [-0.15, -0.1) is 0 Å². The average Bonchev–Trinajstić information content (AvgIpc) is 2.57. The van der Waals surface area contributed by atoms with Crippen LogP contribution in [0.5, 0.6) is 11.5 Å². The molecule has 0 aliphatic heterocycles. The van der Waals surface area contributed by atoms with Gasteiger partial charge >= 0.3 is 0 Å². The molecule has 0 spiro atoms. The van der Waals surface area contributed by atoms with Gasteiger partial charge in [0.1, 0.15) is 11.5 Å². The van der Waals surface area contributed by atoms with Crippen molar-refractivity contribution in [2.75, 3.05) is 7.11 Å². The van der Waals surface area contributed by atoms with Crippen molar-refractivity contribution in [1.82, 2.24) is 0 Å². The number of phenols is 1. The topological polar surface area (TPSA) is 41.8 Å². The first-order chi connectivity index (χ1) is 10.8. The minimum atomic E-state index is 0.244. The van der Waals surface area contributed by atoms with E-state index in [4.69, 9.17) is 4.74 Å². The van der Waals surface area contributed by atoms with E-state index in [9.17, 15) is 5.11 Å². The Labute approximate surface area is 129 Å². The summed E-state index contributed by atoms with van der Waals surface area (Å²) in [5.41, 5.74) is 1.82. The molecule has 0 aromatic heterocycles. The number of ether oxygens (including phenoxy) is 1. The Morgan fingerprint density at radius 1 is 1.05 bits per heavy atom. The van der Waals surface area contributed by atoms with E-state index in [1.165, 1.54) is 0 Å². The number of aliphatic imine (C=N–C) groups is 1. The molecule has 0 bridgehead atoms. The number of rotatable bonds is 4. The van der Waals surface area contributed by atoms with E-state index in [1.54, 1.807) is 19.4 Å². The van der Waals surface area contributed by atoms with Crippen LogP contribution >= 0.6 is 0 Å². The maximum absolute atomic E-state index is 10.1. The molecule has 0 saturated heterocycles. The Bertz CT molecular complexity index is 825. The summed E-state index contributed by atoms with van der Waals surface area (Å²) in [4.78, 5) is 4.46. The summed E-state index contributed by atoms with van der Waals surface area (Å²) in [5.74, 6) is 1.06. The Hall–Kier alpha value is -2.81. The van der Waals surface area contributed by atoms with Crippen LogP contribution in [0.1, 0.15) is 11.1 Å². The standard InChI is InChI=1S/C19H17NO2/c1-22-16-7-4-5-14(11-16)12-20-13-18-17-8-3-2-6-15(17)9-10-19(18)21/h2-11,13,21H,12H2,1H3.